The SMILES string of the molecule is COC(=O)c1ccc(C)c(NC(=O)C2CC3CCCC(C2)C32SCCS2)c1. The first-order valence-corrected chi connectivity index (χ1v) is 11.8. The number of ether oxygens (including phenoxy) is 1. The normalized spacial score (nSPS) is 28.7. The molecule has 27 heavy (non-hydrogen) atoms. The van der Waals surface area contributed by atoms with Crippen molar-refractivity contribution < 1.29 is 14.3 Å². The fraction of sp³-hybridized carbons (Fsp3) is 0.619. The molecule has 3 aliphatic rings. The van der Waals surface area contributed by atoms with E-state index in [2.05, 4.69) is 28.8 Å². The van der Waals surface area contributed by atoms with Crippen LogP contribution in [0.25, 0.3) is 0 Å². The molecule has 0 radical (unpaired) electrons. The van der Waals surface area contributed by atoms with Crippen LogP contribution >= 0.6 is 23.5 Å². The second-order valence-corrected chi connectivity index (χ2v) is 10.9. The van der Waals surface area contributed by atoms with Gasteiger partial charge in [-0.25, -0.2) is 4.79 Å². The van der Waals surface area contributed by atoms with E-state index in [1.54, 1.807) is 12.1 Å². The maximum Gasteiger partial charge on any atom is 0.337 e. The standard InChI is InChI=1S/C21H27NO3S2/c1-13-6-7-14(20(24)25-2)12-18(13)22-19(23)15-10-16-4-3-5-17(11-15)21(16)26-8-9-27-21/h6-7,12,15-17H,3-5,8-11H2,1-2H3,(H,22,23). The second kappa shape index (κ2) is 7.70. The summed E-state index contributed by atoms with van der Waals surface area (Å²) in [6.07, 6.45) is 5.83. The molecule has 2 unspecified atom stereocenters. The Bertz CT molecular complexity index is 729. The number of anilines is 1. The van der Waals surface area contributed by atoms with E-state index in [-0.39, 0.29) is 17.8 Å². The molecule has 1 aromatic carbocycles. The van der Waals surface area contributed by atoms with E-state index in [1.165, 1.54) is 37.9 Å². The van der Waals surface area contributed by atoms with Crippen LogP contribution in [-0.4, -0.2) is 34.6 Å². The molecule has 146 valence electrons. The van der Waals surface area contributed by atoms with Crippen LogP contribution in [0, 0.1) is 24.7 Å². The van der Waals surface area contributed by atoms with Crippen LogP contribution in [0.5, 0.6) is 0 Å². The van der Waals surface area contributed by atoms with Gasteiger partial charge in [0.1, 0.15) is 0 Å². The molecule has 1 N–H and O–H groups in total. The van der Waals surface area contributed by atoms with Gasteiger partial charge in [-0.1, -0.05) is 12.5 Å². The number of aryl methyl sites for hydroxylation is 1. The predicted octanol–water partition coefficient (Wildman–Crippen LogP) is 4.72. The zero-order valence-corrected chi connectivity index (χ0v) is 17.6. The first kappa shape index (κ1) is 19.2. The van der Waals surface area contributed by atoms with Gasteiger partial charge in [-0.05, 0) is 62.1 Å². The zero-order valence-electron chi connectivity index (χ0n) is 16.0. The van der Waals surface area contributed by atoms with E-state index in [0.717, 1.165) is 24.1 Å². The number of methoxy groups -OCH3 is 1. The Morgan fingerprint density at radius 2 is 1.81 bits per heavy atom. The Kier molecular flexibility index (Phi) is 5.48. The van der Waals surface area contributed by atoms with Crippen LogP contribution in [0.1, 0.15) is 48.0 Å². The van der Waals surface area contributed by atoms with Crippen molar-refractivity contribution in [1.82, 2.24) is 0 Å². The van der Waals surface area contributed by atoms with Crippen LogP contribution in [-0.2, 0) is 9.53 Å². The number of carbonyl (C=O) groups excluding carboxylic acids is 2. The lowest BCUT2D eigenvalue weighted by molar-refractivity contribution is -0.122. The zero-order chi connectivity index (χ0) is 19.0. The van der Waals surface area contributed by atoms with Gasteiger partial charge in [-0.3, -0.25) is 4.79 Å². The van der Waals surface area contributed by atoms with Crippen molar-refractivity contribution >= 4 is 41.1 Å². The van der Waals surface area contributed by atoms with Gasteiger partial charge in [0, 0.05) is 23.1 Å². The molecular weight excluding hydrogens is 378 g/mol. The van der Waals surface area contributed by atoms with Crippen molar-refractivity contribution in [3.05, 3.63) is 29.3 Å². The molecule has 1 spiro atoms. The third kappa shape index (κ3) is 3.51. The Balaban J connectivity index is 1.49. The number of rotatable bonds is 3. The fourth-order valence-electron chi connectivity index (χ4n) is 5.06. The summed E-state index contributed by atoms with van der Waals surface area (Å²) < 4.78 is 5.18. The molecule has 4 nitrogen and oxygen atoms in total. The predicted molar refractivity (Wildman–Crippen MR) is 112 cm³/mol. The highest BCUT2D eigenvalue weighted by Gasteiger charge is 2.55. The van der Waals surface area contributed by atoms with Crippen molar-refractivity contribution in [1.29, 1.82) is 0 Å². The highest BCUT2D eigenvalue weighted by molar-refractivity contribution is 8.21. The molecule has 3 fully saturated rings. The van der Waals surface area contributed by atoms with E-state index in [1.807, 2.05) is 13.0 Å². The number of amides is 1. The average molecular weight is 406 g/mol. The molecule has 1 amide bonds. The monoisotopic (exact) mass is 405 g/mol. The molecular formula is C21H27NO3S2. The van der Waals surface area contributed by atoms with Crippen molar-refractivity contribution in [2.45, 2.75) is 43.1 Å². The average Bonchev–Trinajstić information content (AvgIpc) is 3.12. The first-order valence-electron chi connectivity index (χ1n) is 9.81. The Morgan fingerprint density at radius 3 is 2.44 bits per heavy atom. The molecule has 1 heterocycles. The minimum absolute atomic E-state index is 0.0777. The van der Waals surface area contributed by atoms with Gasteiger partial charge in [-0.2, -0.15) is 0 Å². The van der Waals surface area contributed by atoms with Gasteiger partial charge in [0.05, 0.1) is 16.8 Å². The topological polar surface area (TPSA) is 55.4 Å². The summed E-state index contributed by atoms with van der Waals surface area (Å²) in [6, 6.07) is 5.32. The van der Waals surface area contributed by atoms with E-state index in [0.29, 0.717) is 21.5 Å². The molecule has 4 rings (SSSR count). The third-order valence-corrected chi connectivity index (χ3v) is 10.4. The van der Waals surface area contributed by atoms with Crippen LogP contribution < -0.4 is 5.32 Å². The van der Waals surface area contributed by atoms with E-state index >= 15 is 0 Å². The van der Waals surface area contributed by atoms with Crippen LogP contribution in [0.4, 0.5) is 5.69 Å². The molecule has 1 aliphatic heterocycles. The highest BCUT2D eigenvalue weighted by Crippen LogP contribution is 2.64. The molecule has 2 aliphatic carbocycles. The number of hydrogen-bond donors (Lipinski definition) is 1. The van der Waals surface area contributed by atoms with Gasteiger partial charge in [0.2, 0.25) is 5.91 Å². The number of carbonyl (C=O) groups is 2. The fourth-order valence-corrected chi connectivity index (χ4v) is 9.00. The minimum atomic E-state index is -0.380. The summed E-state index contributed by atoms with van der Waals surface area (Å²) in [5.74, 6) is 3.63. The summed E-state index contributed by atoms with van der Waals surface area (Å²) in [5.41, 5.74) is 2.15. The third-order valence-electron chi connectivity index (χ3n) is 6.41. The van der Waals surface area contributed by atoms with E-state index in [4.69, 9.17) is 4.74 Å². The summed E-state index contributed by atoms with van der Waals surface area (Å²) >= 11 is 4.33. The summed E-state index contributed by atoms with van der Waals surface area (Å²) in [4.78, 5) is 24.9. The van der Waals surface area contributed by atoms with Crippen molar-refractivity contribution in [2.75, 3.05) is 23.9 Å². The van der Waals surface area contributed by atoms with Crippen LogP contribution in [0.3, 0.4) is 0 Å². The number of hydrogen-bond acceptors (Lipinski definition) is 5. The van der Waals surface area contributed by atoms with Crippen LogP contribution in [0.2, 0.25) is 0 Å². The van der Waals surface area contributed by atoms with Gasteiger partial charge >= 0.3 is 5.97 Å². The second-order valence-electron chi connectivity index (χ2n) is 7.92. The summed E-state index contributed by atoms with van der Waals surface area (Å²) in [5, 5.41) is 3.11. The molecule has 2 atom stereocenters. The Hall–Kier alpha value is -1.14. The largest absolute Gasteiger partial charge is 0.465 e. The lowest BCUT2D eigenvalue weighted by Gasteiger charge is -2.52. The molecule has 1 aromatic rings. The quantitative estimate of drug-likeness (QED) is 0.737. The maximum absolute atomic E-state index is 13.1. The number of benzene rings is 1. The summed E-state index contributed by atoms with van der Waals surface area (Å²) in [7, 11) is 1.37. The Labute approximate surface area is 169 Å². The molecule has 2 bridgehead atoms. The van der Waals surface area contributed by atoms with Crippen molar-refractivity contribution in [2.24, 2.45) is 17.8 Å². The molecule has 6 heteroatoms. The molecule has 2 saturated carbocycles. The lowest BCUT2D eigenvalue weighted by Crippen LogP contribution is -2.48. The number of esters is 1. The Morgan fingerprint density at radius 1 is 1.15 bits per heavy atom. The van der Waals surface area contributed by atoms with E-state index in [9.17, 15) is 9.59 Å². The smallest absolute Gasteiger partial charge is 0.337 e. The van der Waals surface area contributed by atoms with Crippen molar-refractivity contribution in [3.8, 4) is 0 Å². The lowest BCUT2D eigenvalue weighted by atomic mass is 9.67. The first-order chi connectivity index (χ1) is 13.0. The molecule has 1 saturated heterocycles. The van der Waals surface area contributed by atoms with E-state index < -0.39 is 0 Å². The maximum atomic E-state index is 13.1. The van der Waals surface area contributed by atoms with Gasteiger partial charge in [-0.15, -0.1) is 23.5 Å². The highest BCUT2D eigenvalue weighted by atomic mass is 32.2. The van der Waals surface area contributed by atoms with Gasteiger partial charge in [0.25, 0.3) is 0 Å². The minimum Gasteiger partial charge on any atom is -0.465 e. The number of thioether (sulfide) groups is 2. The van der Waals surface area contributed by atoms with Gasteiger partial charge in [0.15, 0.2) is 0 Å². The molecule has 0 aromatic heterocycles. The van der Waals surface area contributed by atoms with Gasteiger partial charge < -0.3 is 10.1 Å². The van der Waals surface area contributed by atoms with Crippen molar-refractivity contribution in [3.63, 3.8) is 0 Å². The van der Waals surface area contributed by atoms with Crippen LogP contribution in [0.15, 0.2) is 18.2 Å². The summed E-state index contributed by atoms with van der Waals surface area (Å²) in [6.45, 7) is 1.95. The number of nitrogens with one attached hydrogen (secondary N) is 1.